The van der Waals surface area contributed by atoms with Crippen LogP contribution in [0.5, 0.6) is 0 Å². The van der Waals surface area contributed by atoms with E-state index in [2.05, 4.69) is 12.2 Å². The number of hydrogen-bond donors (Lipinski definition) is 2. The lowest BCUT2D eigenvalue weighted by Gasteiger charge is -2.09. The van der Waals surface area contributed by atoms with Crippen LogP contribution in [0.1, 0.15) is 19.8 Å². The minimum atomic E-state index is 0.343. The molecule has 0 amide bonds. The van der Waals surface area contributed by atoms with Gasteiger partial charge in [-0.2, -0.15) is 0 Å². The van der Waals surface area contributed by atoms with Crippen molar-refractivity contribution in [2.45, 2.75) is 25.8 Å². The second-order valence-electron chi connectivity index (χ2n) is 2.99. The van der Waals surface area contributed by atoms with E-state index in [1.807, 2.05) is 0 Å². The zero-order valence-electron chi connectivity index (χ0n) is 6.26. The van der Waals surface area contributed by atoms with Crippen molar-refractivity contribution in [2.24, 2.45) is 11.7 Å². The van der Waals surface area contributed by atoms with Crippen molar-refractivity contribution in [3.8, 4) is 0 Å². The zero-order chi connectivity index (χ0) is 7.56. The van der Waals surface area contributed by atoms with E-state index in [-0.39, 0.29) is 0 Å². The van der Waals surface area contributed by atoms with Crippen molar-refractivity contribution in [1.82, 2.24) is 5.32 Å². The predicted octanol–water partition coefficient (Wildman–Crippen LogP) is 0.661. The van der Waals surface area contributed by atoms with Crippen molar-refractivity contribution in [3.63, 3.8) is 0 Å². The van der Waals surface area contributed by atoms with E-state index in [9.17, 15) is 0 Å². The van der Waals surface area contributed by atoms with Crippen LogP contribution in [-0.4, -0.2) is 17.6 Å². The first-order chi connectivity index (χ1) is 4.70. The molecule has 0 aromatic carbocycles. The Balaban J connectivity index is 2.05. The van der Waals surface area contributed by atoms with Crippen molar-refractivity contribution in [1.29, 1.82) is 0 Å². The van der Waals surface area contributed by atoms with Crippen LogP contribution in [0.15, 0.2) is 0 Å². The average molecular weight is 158 g/mol. The minimum Gasteiger partial charge on any atom is -0.393 e. The molecule has 1 atom stereocenters. The van der Waals surface area contributed by atoms with Crippen LogP contribution < -0.4 is 11.1 Å². The Morgan fingerprint density at radius 1 is 1.80 bits per heavy atom. The van der Waals surface area contributed by atoms with Gasteiger partial charge in [0.2, 0.25) is 0 Å². The molecule has 1 unspecified atom stereocenters. The van der Waals surface area contributed by atoms with E-state index in [1.165, 1.54) is 12.8 Å². The highest BCUT2D eigenvalue weighted by Gasteiger charge is 2.21. The molecule has 1 fully saturated rings. The standard InChI is InChI=1S/C7H14N2S/c1-5(7(8)10)4-9-6-2-3-6/h5-6,9H,2-4H2,1H3,(H2,8,10). The van der Waals surface area contributed by atoms with E-state index < -0.39 is 0 Å². The summed E-state index contributed by atoms with van der Waals surface area (Å²) in [4.78, 5) is 0.619. The smallest absolute Gasteiger partial charge is 0.0768 e. The van der Waals surface area contributed by atoms with E-state index in [0.29, 0.717) is 10.9 Å². The third-order valence-corrected chi connectivity index (χ3v) is 2.18. The molecule has 1 aliphatic rings. The van der Waals surface area contributed by atoms with Crippen molar-refractivity contribution >= 4 is 17.2 Å². The van der Waals surface area contributed by atoms with Crippen molar-refractivity contribution in [3.05, 3.63) is 0 Å². The number of nitrogens with one attached hydrogen (secondary N) is 1. The Labute approximate surface area is 67.2 Å². The lowest BCUT2D eigenvalue weighted by molar-refractivity contribution is 0.613. The summed E-state index contributed by atoms with van der Waals surface area (Å²) >= 11 is 4.83. The molecule has 2 nitrogen and oxygen atoms in total. The maximum atomic E-state index is 5.43. The Bertz CT molecular complexity index is 132. The van der Waals surface area contributed by atoms with Gasteiger partial charge in [-0.05, 0) is 12.8 Å². The van der Waals surface area contributed by atoms with E-state index in [1.54, 1.807) is 0 Å². The van der Waals surface area contributed by atoms with Crippen LogP contribution in [-0.2, 0) is 0 Å². The molecule has 3 heteroatoms. The zero-order valence-corrected chi connectivity index (χ0v) is 7.08. The fourth-order valence-corrected chi connectivity index (χ4v) is 0.815. The Kier molecular flexibility index (Phi) is 2.63. The van der Waals surface area contributed by atoms with Gasteiger partial charge in [0, 0.05) is 18.5 Å². The first-order valence-corrected chi connectivity index (χ1v) is 4.13. The predicted molar refractivity (Wildman–Crippen MR) is 47.0 cm³/mol. The lowest BCUT2D eigenvalue weighted by atomic mass is 10.2. The molecule has 58 valence electrons. The molecule has 0 aromatic heterocycles. The van der Waals surface area contributed by atoms with Gasteiger partial charge in [0.1, 0.15) is 0 Å². The largest absolute Gasteiger partial charge is 0.393 e. The summed E-state index contributed by atoms with van der Waals surface area (Å²) in [7, 11) is 0. The Hall–Kier alpha value is -0.150. The normalized spacial score (nSPS) is 20.5. The van der Waals surface area contributed by atoms with Gasteiger partial charge in [-0.15, -0.1) is 0 Å². The van der Waals surface area contributed by atoms with Gasteiger partial charge in [-0.1, -0.05) is 19.1 Å². The van der Waals surface area contributed by atoms with Gasteiger partial charge >= 0.3 is 0 Å². The summed E-state index contributed by atoms with van der Waals surface area (Å²) in [5.74, 6) is 0.343. The van der Waals surface area contributed by atoms with Gasteiger partial charge in [0.15, 0.2) is 0 Å². The molecule has 10 heavy (non-hydrogen) atoms. The third kappa shape index (κ3) is 2.62. The topological polar surface area (TPSA) is 38.0 Å². The van der Waals surface area contributed by atoms with Crippen LogP contribution in [0.25, 0.3) is 0 Å². The quantitative estimate of drug-likeness (QED) is 0.590. The van der Waals surface area contributed by atoms with Crippen molar-refractivity contribution < 1.29 is 0 Å². The first kappa shape index (κ1) is 7.95. The van der Waals surface area contributed by atoms with Gasteiger partial charge in [-0.3, -0.25) is 0 Å². The molecular formula is C7H14N2S. The number of thiocarbonyl (C=S) groups is 1. The maximum Gasteiger partial charge on any atom is 0.0768 e. The third-order valence-electron chi connectivity index (χ3n) is 1.78. The molecule has 0 heterocycles. The van der Waals surface area contributed by atoms with E-state index in [4.69, 9.17) is 18.0 Å². The van der Waals surface area contributed by atoms with Gasteiger partial charge in [0.05, 0.1) is 4.99 Å². The highest BCUT2D eigenvalue weighted by atomic mass is 32.1. The molecule has 1 aliphatic carbocycles. The molecule has 0 bridgehead atoms. The fraction of sp³-hybridized carbons (Fsp3) is 0.857. The lowest BCUT2D eigenvalue weighted by Crippen LogP contribution is -2.30. The van der Waals surface area contributed by atoms with Gasteiger partial charge in [-0.25, -0.2) is 0 Å². The molecule has 1 saturated carbocycles. The van der Waals surface area contributed by atoms with E-state index in [0.717, 1.165) is 12.6 Å². The number of nitrogens with two attached hydrogens (primary N) is 1. The average Bonchev–Trinajstić information content (AvgIpc) is 2.64. The van der Waals surface area contributed by atoms with E-state index >= 15 is 0 Å². The second-order valence-corrected chi connectivity index (χ2v) is 3.46. The summed E-state index contributed by atoms with van der Waals surface area (Å²) < 4.78 is 0. The SMILES string of the molecule is CC(CNC1CC1)C(N)=S. The fourth-order valence-electron chi connectivity index (χ4n) is 0.731. The second kappa shape index (κ2) is 3.30. The summed E-state index contributed by atoms with van der Waals surface area (Å²) in [6.07, 6.45) is 2.65. The Morgan fingerprint density at radius 3 is 2.80 bits per heavy atom. The first-order valence-electron chi connectivity index (χ1n) is 3.73. The number of hydrogen-bond acceptors (Lipinski definition) is 2. The highest BCUT2D eigenvalue weighted by Crippen LogP contribution is 2.18. The van der Waals surface area contributed by atoms with Crippen LogP contribution >= 0.6 is 12.2 Å². The number of rotatable bonds is 4. The molecule has 0 radical (unpaired) electrons. The maximum absolute atomic E-state index is 5.43. The Morgan fingerprint density at radius 2 is 2.40 bits per heavy atom. The highest BCUT2D eigenvalue weighted by molar-refractivity contribution is 7.80. The molecule has 0 aromatic rings. The van der Waals surface area contributed by atoms with Crippen LogP contribution in [0, 0.1) is 5.92 Å². The minimum absolute atomic E-state index is 0.343. The van der Waals surface area contributed by atoms with Gasteiger partial charge < -0.3 is 11.1 Å². The monoisotopic (exact) mass is 158 g/mol. The van der Waals surface area contributed by atoms with Gasteiger partial charge in [0.25, 0.3) is 0 Å². The molecule has 1 rings (SSSR count). The summed E-state index contributed by atoms with van der Waals surface area (Å²) in [6, 6.07) is 0.761. The summed E-state index contributed by atoms with van der Waals surface area (Å²) in [5.41, 5.74) is 5.43. The molecular weight excluding hydrogens is 144 g/mol. The molecule has 0 saturated heterocycles. The van der Waals surface area contributed by atoms with Crippen LogP contribution in [0.3, 0.4) is 0 Å². The van der Waals surface area contributed by atoms with Crippen LogP contribution in [0.4, 0.5) is 0 Å². The molecule has 0 aliphatic heterocycles. The molecule has 0 spiro atoms. The summed E-state index contributed by atoms with van der Waals surface area (Å²) in [6.45, 7) is 3.00. The molecule has 3 N–H and O–H groups in total. The summed E-state index contributed by atoms with van der Waals surface area (Å²) in [5, 5.41) is 3.37. The van der Waals surface area contributed by atoms with Crippen molar-refractivity contribution in [2.75, 3.05) is 6.54 Å². The van der Waals surface area contributed by atoms with Crippen LogP contribution in [0.2, 0.25) is 0 Å².